The summed E-state index contributed by atoms with van der Waals surface area (Å²) in [6.45, 7) is 1.67. The molecule has 1 aliphatic carbocycles. The Bertz CT molecular complexity index is 701. The molecule has 2 aromatic rings. The fourth-order valence-corrected chi connectivity index (χ4v) is 3.04. The van der Waals surface area contributed by atoms with Gasteiger partial charge in [-0.2, -0.15) is 0 Å². The minimum Gasteiger partial charge on any atom is -0.344 e. The number of alkyl halides is 1. The van der Waals surface area contributed by atoms with Gasteiger partial charge in [0.05, 0.1) is 11.4 Å². The molecule has 2 unspecified atom stereocenters. The third-order valence-corrected chi connectivity index (χ3v) is 4.29. The molecule has 1 aliphatic rings. The molecular weight excluding hydrogens is 289 g/mol. The van der Waals surface area contributed by atoms with E-state index in [0.29, 0.717) is 11.1 Å². The number of benzene rings is 2. The Hall–Kier alpha value is -1.87. The summed E-state index contributed by atoms with van der Waals surface area (Å²) in [6, 6.07) is 12.1. The van der Waals surface area contributed by atoms with Crippen LogP contribution in [0, 0.1) is 12.7 Å². The van der Waals surface area contributed by atoms with Crippen LogP contribution in [-0.4, -0.2) is 11.3 Å². The second-order valence-corrected chi connectivity index (χ2v) is 5.89. The average molecular weight is 304 g/mol. The summed E-state index contributed by atoms with van der Waals surface area (Å²) in [7, 11) is 0. The van der Waals surface area contributed by atoms with Crippen molar-refractivity contribution in [3.8, 4) is 0 Å². The number of rotatable bonds is 2. The molecule has 3 rings (SSSR count). The molecule has 0 fully saturated rings. The van der Waals surface area contributed by atoms with Gasteiger partial charge in [-0.25, -0.2) is 4.39 Å². The van der Waals surface area contributed by atoms with Crippen molar-refractivity contribution >= 4 is 17.5 Å². The molecule has 1 N–H and O–H groups in total. The maximum absolute atomic E-state index is 13.6. The van der Waals surface area contributed by atoms with E-state index in [1.807, 2.05) is 24.3 Å². The lowest BCUT2D eigenvalue weighted by molar-refractivity contribution is 0.0937. The van der Waals surface area contributed by atoms with Crippen molar-refractivity contribution in [1.82, 2.24) is 5.32 Å². The fraction of sp³-hybridized carbons (Fsp3) is 0.235. The normalized spacial score (nSPS) is 20.1. The number of aryl methyl sites for hydroxylation is 1. The lowest BCUT2D eigenvalue weighted by Gasteiger charge is -2.17. The van der Waals surface area contributed by atoms with E-state index in [9.17, 15) is 9.18 Å². The molecule has 0 aliphatic heterocycles. The second kappa shape index (κ2) is 5.49. The van der Waals surface area contributed by atoms with E-state index in [0.717, 1.165) is 17.5 Å². The molecule has 4 heteroatoms. The van der Waals surface area contributed by atoms with Gasteiger partial charge in [0, 0.05) is 5.56 Å². The highest BCUT2D eigenvalue weighted by molar-refractivity contribution is 6.21. The van der Waals surface area contributed by atoms with Gasteiger partial charge in [0.2, 0.25) is 0 Å². The summed E-state index contributed by atoms with van der Waals surface area (Å²) < 4.78 is 13.6. The molecule has 0 bridgehead atoms. The molecule has 0 heterocycles. The molecule has 2 atom stereocenters. The minimum absolute atomic E-state index is 0.179. The Labute approximate surface area is 127 Å². The summed E-state index contributed by atoms with van der Waals surface area (Å²) in [5.74, 6) is -0.682. The maximum atomic E-state index is 13.6. The average Bonchev–Trinajstić information content (AvgIpc) is 2.78. The first-order valence-corrected chi connectivity index (χ1v) is 7.29. The minimum atomic E-state index is -0.378. The van der Waals surface area contributed by atoms with Crippen LogP contribution < -0.4 is 5.32 Å². The van der Waals surface area contributed by atoms with Gasteiger partial charge >= 0.3 is 0 Å². The lowest BCUT2D eigenvalue weighted by Crippen LogP contribution is -2.31. The lowest BCUT2D eigenvalue weighted by atomic mass is 10.1. The summed E-state index contributed by atoms with van der Waals surface area (Å²) in [4.78, 5) is 12.3. The second-order valence-electron chi connectivity index (χ2n) is 5.33. The van der Waals surface area contributed by atoms with Crippen LogP contribution in [0.25, 0.3) is 0 Å². The van der Waals surface area contributed by atoms with Crippen molar-refractivity contribution < 1.29 is 9.18 Å². The highest BCUT2D eigenvalue weighted by Crippen LogP contribution is 2.34. The van der Waals surface area contributed by atoms with E-state index >= 15 is 0 Å². The number of halogens is 2. The number of carbonyl (C=O) groups is 1. The first kappa shape index (κ1) is 14.1. The predicted octanol–water partition coefficient (Wildman–Crippen LogP) is 3.77. The molecule has 0 saturated heterocycles. The monoisotopic (exact) mass is 303 g/mol. The summed E-state index contributed by atoms with van der Waals surface area (Å²) in [6.07, 6.45) is 0.727. The Kier molecular flexibility index (Phi) is 3.68. The third kappa shape index (κ3) is 2.66. The van der Waals surface area contributed by atoms with Gasteiger partial charge < -0.3 is 5.32 Å². The van der Waals surface area contributed by atoms with E-state index in [-0.39, 0.29) is 23.1 Å². The van der Waals surface area contributed by atoms with Gasteiger partial charge in [-0.3, -0.25) is 4.79 Å². The number of amides is 1. The van der Waals surface area contributed by atoms with Crippen LogP contribution in [-0.2, 0) is 6.42 Å². The van der Waals surface area contributed by atoms with Crippen LogP contribution in [0.3, 0.4) is 0 Å². The molecule has 0 aromatic heterocycles. The van der Waals surface area contributed by atoms with Crippen molar-refractivity contribution in [2.75, 3.05) is 0 Å². The number of fused-ring (bicyclic) bond motifs is 1. The summed E-state index contributed by atoms with van der Waals surface area (Å²) in [5.41, 5.74) is 3.02. The number of hydrogen-bond acceptors (Lipinski definition) is 1. The van der Waals surface area contributed by atoms with E-state index in [1.54, 1.807) is 19.1 Å². The van der Waals surface area contributed by atoms with Crippen molar-refractivity contribution in [2.24, 2.45) is 0 Å². The largest absolute Gasteiger partial charge is 0.344 e. The van der Waals surface area contributed by atoms with Crippen LogP contribution in [0.15, 0.2) is 42.5 Å². The van der Waals surface area contributed by atoms with Crippen molar-refractivity contribution in [3.05, 3.63) is 70.5 Å². The van der Waals surface area contributed by atoms with Gasteiger partial charge in [0.1, 0.15) is 5.82 Å². The number of carbonyl (C=O) groups excluding carboxylic acids is 1. The zero-order valence-electron chi connectivity index (χ0n) is 11.6. The Morgan fingerprint density at radius 3 is 2.81 bits per heavy atom. The van der Waals surface area contributed by atoms with Gasteiger partial charge in [-0.1, -0.05) is 30.3 Å². The molecule has 108 valence electrons. The molecule has 1 amide bonds. The number of nitrogens with one attached hydrogen (secondary N) is 1. The molecule has 2 nitrogen and oxygen atoms in total. The molecule has 21 heavy (non-hydrogen) atoms. The fourth-order valence-electron chi connectivity index (χ4n) is 2.67. The maximum Gasteiger partial charge on any atom is 0.251 e. The molecule has 0 spiro atoms. The molecular formula is C17H15ClFNO. The molecule has 0 radical (unpaired) electrons. The first-order chi connectivity index (χ1) is 10.1. The predicted molar refractivity (Wildman–Crippen MR) is 81.1 cm³/mol. The molecule has 2 aromatic carbocycles. The highest BCUT2D eigenvalue weighted by atomic mass is 35.5. The van der Waals surface area contributed by atoms with Gasteiger partial charge in [0.25, 0.3) is 5.91 Å². The van der Waals surface area contributed by atoms with Gasteiger partial charge in [-0.05, 0) is 42.2 Å². The first-order valence-electron chi connectivity index (χ1n) is 6.85. The van der Waals surface area contributed by atoms with Crippen molar-refractivity contribution in [3.63, 3.8) is 0 Å². The smallest absolute Gasteiger partial charge is 0.251 e. The van der Waals surface area contributed by atoms with Gasteiger partial charge in [0.15, 0.2) is 0 Å². The van der Waals surface area contributed by atoms with Crippen LogP contribution >= 0.6 is 11.6 Å². The number of hydrogen-bond donors (Lipinski definition) is 1. The molecule has 0 saturated carbocycles. The van der Waals surface area contributed by atoms with Crippen molar-refractivity contribution in [1.29, 1.82) is 0 Å². The topological polar surface area (TPSA) is 29.1 Å². The zero-order valence-corrected chi connectivity index (χ0v) is 12.3. The zero-order chi connectivity index (χ0) is 15.0. The summed E-state index contributed by atoms with van der Waals surface area (Å²) in [5, 5.41) is 2.73. The Morgan fingerprint density at radius 2 is 2.05 bits per heavy atom. The van der Waals surface area contributed by atoms with Crippen LogP contribution in [0.5, 0.6) is 0 Å². The van der Waals surface area contributed by atoms with Crippen molar-refractivity contribution in [2.45, 2.75) is 24.8 Å². The van der Waals surface area contributed by atoms with E-state index in [1.165, 1.54) is 6.07 Å². The summed E-state index contributed by atoms with van der Waals surface area (Å²) >= 11 is 6.34. The van der Waals surface area contributed by atoms with Crippen LogP contribution in [0.1, 0.15) is 33.1 Å². The Morgan fingerprint density at radius 1 is 1.29 bits per heavy atom. The van der Waals surface area contributed by atoms with Gasteiger partial charge in [-0.15, -0.1) is 11.6 Å². The standard InChI is InChI=1S/C17H15ClFNO/c1-10-6-7-12(9-15(10)19)17(21)20-16-13-5-3-2-4-11(13)8-14(16)18/h2-7,9,14,16H,8H2,1H3,(H,20,21). The van der Waals surface area contributed by atoms with E-state index < -0.39 is 0 Å². The quantitative estimate of drug-likeness (QED) is 0.841. The highest BCUT2D eigenvalue weighted by Gasteiger charge is 2.32. The Balaban J connectivity index is 1.83. The third-order valence-electron chi connectivity index (χ3n) is 3.89. The van der Waals surface area contributed by atoms with E-state index in [2.05, 4.69) is 5.32 Å². The van der Waals surface area contributed by atoms with Crippen LogP contribution in [0.4, 0.5) is 4.39 Å². The van der Waals surface area contributed by atoms with E-state index in [4.69, 9.17) is 11.6 Å². The van der Waals surface area contributed by atoms with Crippen LogP contribution in [0.2, 0.25) is 0 Å². The SMILES string of the molecule is Cc1ccc(C(=O)NC2c3ccccc3CC2Cl)cc1F.